The Morgan fingerprint density at radius 2 is 0.950 bits per heavy atom. The highest BCUT2D eigenvalue weighted by Gasteiger charge is 2.70. The number of Topliss-reactive ketones (excluding diaryl/α,β-unsaturated/α-hetero) is 3. The van der Waals surface area contributed by atoms with Crippen LogP contribution in [-0.2, 0) is 25.6 Å². The van der Waals surface area contributed by atoms with Crippen molar-refractivity contribution in [2.45, 2.75) is 190 Å². The zero-order valence-electron chi connectivity index (χ0n) is 66.1. The van der Waals surface area contributed by atoms with Crippen LogP contribution < -0.4 is 45.5 Å². The van der Waals surface area contributed by atoms with Gasteiger partial charge in [0.05, 0.1) is 51.7 Å². The van der Waals surface area contributed by atoms with Gasteiger partial charge < -0.3 is 50.6 Å². The quantitative estimate of drug-likeness (QED) is 0.0187. The van der Waals surface area contributed by atoms with E-state index in [0.717, 1.165) is 111 Å². The van der Waals surface area contributed by atoms with E-state index < -0.39 is 52.7 Å². The van der Waals surface area contributed by atoms with E-state index in [4.69, 9.17) is 53.8 Å². The summed E-state index contributed by atoms with van der Waals surface area (Å²) in [5.41, 5.74) is 2.90. The number of carbonyl (C=O) groups excluding carboxylic acids is 8. The predicted molar refractivity (Wildman–Crippen MR) is 429 cm³/mol. The lowest BCUT2D eigenvalue weighted by Gasteiger charge is -2.70. The summed E-state index contributed by atoms with van der Waals surface area (Å²) < 4.78 is 87.4. The number of benzene rings is 5. The normalized spacial score (nSPS) is 24.9. The van der Waals surface area contributed by atoms with Crippen molar-refractivity contribution in [1.82, 2.24) is 51.5 Å². The summed E-state index contributed by atoms with van der Waals surface area (Å²) in [6.45, 7) is 8.66. The van der Waals surface area contributed by atoms with E-state index in [2.05, 4.69) is 51.5 Å². The van der Waals surface area contributed by atoms with Gasteiger partial charge in [-0.25, -0.2) is 31.9 Å². The standard InChI is InChI=1S/C23H25F3N4O4.C22H22ClFN2O3.C22H22ClNO3.C21H21ClFN3O3/c1-13-2-3-14(8-15(13)24)34-12-19(32)29-22-4-6-23(7-5-22,18(31)9-22)30-21(33)17-11-27-16(10-28-17)20(25)26;1-2-14-5-6-25-18(7-14)19(27)9-21-11-22(12-21,13-21)26-20(28)10-29-15-3-4-16(23)17(24)8-15;1-15-9-18(7-8-19(15)23)27-11-17(25)10-21-12-22(13-21,14-21)24-20(26)16-5-3-2-4-6-16;1-12-13(2)25-17(7-24-12)18(27)6-20-9-21(10-20,11-20)26-19(28)8-29-14-3-4-15(22)16(23)5-14/h2-3,8,10-11,18,20,31H,4-7,9,12H2,1H3,(H,29,32)(H,30,33);3-8H,2,9-13H2,1H3,(H,26,28);2-9H,10-14H2,1H3,(H,24,26);3-5,7H,6,8-11H2,1-2H3,(H,26,28). The number of alkyl halides is 2. The molecule has 0 radical (unpaired) electrons. The van der Waals surface area contributed by atoms with E-state index >= 15 is 0 Å². The Kier molecular flexibility index (Phi) is 25.4. The maximum atomic E-state index is 13.6. The molecule has 8 bridgehead atoms. The Balaban J connectivity index is 0.000000138. The predicted octanol–water partition coefficient (Wildman–Crippen LogP) is 14.6. The second-order valence-electron chi connectivity index (χ2n) is 33.5. The first-order valence-electron chi connectivity index (χ1n) is 39.2. The number of halogens is 8. The molecule has 12 aliphatic carbocycles. The zero-order valence-corrected chi connectivity index (χ0v) is 68.4. The number of hydrogen-bond donors (Lipinski definition) is 6. The Labute approximate surface area is 698 Å². The number of ether oxygens (including phenoxy) is 4. The van der Waals surface area contributed by atoms with Gasteiger partial charge in [-0.3, -0.25) is 53.3 Å². The van der Waals surface area contributed by atoms with Gasteiger partial charge in [0.25, 0.3) is 36.0 Å². The third kappa shape index (κ3) is 20.2. The van der Waals surface area contributed by atoms with Gasteiger partial charge >= 0.3 is 0 Å². The van der Waals surface area contributed by atoms with Crippen molar-refractivity contribution in [3.8, 4) is 23.0 Å². The maximum Gasteiger partial charge on any atom is 0.281 e. The van der Waals surface area contributed by atoms with Crippen molar-refractivity contribution < 1.29 is 84.4 Å². The minimum Gasteiger partial charge on any atom is -0.486 e. The highest BCUT2D eigenvalue weighted by Crippen LogP contribution is 2.71. The van der Waals surface area contributed by atoms with Crippen LogP contribution in [0.5, 0.6) is 23.0 Å². The number of aromatic nitrogens is 5. The summed E-state index contributed by atoms with van der Waals surface area (Å²) in [7, 11) is 0. The fourth-order valence-corrected chi connectivity index (χ4v) is 18.7. The molecule has 3 aromatic heterocycles. The Morgan fingerprint density at radius 1 is 0.471 bits per heavy atom. The lowest BCUT2D eigenvalue weighted by molar-refractivity contribution is -0.165. The van der Waals surface area contributed by atoms with Gasteiger partial charge in [-0.2, -0.15) is 0 Å². The van der Waals surface area contributed by atoms with E-state index in [1.807, 2.05) is 76.2 Å². The number of nitrogens with one attached hydrogen (secondary N) is 5. The first-order valence-corrected chi connectivity index (χ1v) is 40.3. The molecule has 8 aromatic rings. The molecule has 119 heavy (non-hydrogen) atoms. The molecule has 6 N–H and O–H groups in total. The number of carbonyl (C=O) groups is 8. The summed E-state index contributed by atoms with van der Waals surface area (Å²) in [6.07, 6.45) is 13.0. The van der Waals surface area contributed by atoms with Gasteiger partial charge in [0.15, 0.2) is 37.2 Å². The molecule has 0 aliphatic heterocycles. The van der Waals surface area contributed by atoms with Crippen LogP contribution in [0.2, 0.25) is 15.1 Å². The zero-order chi connectivity index (χ0) is 85.0. The van der Waals surface area contributed by atoms with E-state index in [1.165, 1.54) is 36.5 Å². The average Bonchev–Trinajstić information content (AvgIpc) is 0.688. The molecule has 1 unspecified atom stereocenters. The molecule has 1 atom stereocenters. The Bertz CT molecular complexity index is 5180. The van der Waals surface area contributed by atoms with Crippen LogP contribution in [0, 0.1) is 61.4 Å². The maximum absolute atomic E-state index is 13.6. The van der Waals surface area contributed by atoms with Crippen LogP contribution in [0.4, 0.5) is 22.0 Å². The lowest BCUT2D eigenvalue weighted by atomic mass is 9.38. The van der Waals surface area contributed by atoms with Crippen molar-refractivity contribution in [2.24, 2.45) is 16.2 Å². The number of fused-ring (bicyclic) bond motifs is 3. The summed E-state index contributed by atoms with van der Waals surface area (Å²) in [4.78, 5) is 119. The van der Waals surface area contributed by atoms with Crippen molar-refractivity contribution in [1.29, 1.82) is 0 Å². The van der Waals surface area contributed by atoms with Gasteiger partial charge in [0.2, 0.25) is 0 Å². The highest BCUT2D eigenvalue weighted by molar-refractivity contribution is 6.31. The molecule has 626 valence electrons. The Morgan fingerprint density at radius 3 is 1.44 bits per heavy atom. The number of aliphatic hydroxyl groups is 1. The molecule has 3 heterocycles. The number of rotatable bonds is 29. The minimum atomic E-state index is -2.78. The molecular formula is C88H90Cl3F5N10O13. The molecule has 5 aromatic carbocycles. The molecule has 23 nitrogen and oxygen atoms in total. The first-order chi connectivity index (χ1) is 56.5. The molecular weight excluding hydrogens is 1610 g/mol. The number of ketones is 3. The summed E-state index contributed by atoms with van der Waals surface area (Å²) in [5.74, 6) is -1.58. The molecule has 0 saturated heterocycles. The van der Waals surface area contributed by atoms with Crippen molar-refractivity contribution in [2.75, 3.05) is 26.4 Å². The van der Waals surface area contributed by atoms with Gasteiger partial charge in [0.1, 0.15) is 69.8 Å². The fraction of sp³-hybridized carbons (Fsp3) is 0.420. The largest absolute Gasteiger partial charge is 0.486 e. The minimum absolute atomic E-state index is 0.00212. The fourth-order valence-electron chi connectivity index (χ4n) is 18.3. The second kappa shape index (κ2) is 35.0. The Hall–Kier alpha value is -10.6. The van der Waals surface area contributed by atoms with Gasteiger partial charge in [0, 0.05) is 76.4 Å². The van der Waals surface area contributed by atoms with Gasteiger partial charge in [-0.1, -0.05) is 66.0 Å². The molecule has 12 aliphatic rings. The number of aliphatic hydroxyl groups excluding tert-OH is 1. The molecule has 20 rings (SSSR count). The summed E-state index contributed by atoms with van der Waals surface area (Å²) >= 11 is 17.2. The van der Waals surface area contributed by atoms with Crippen LogP contribution >= 0.6 is 34.8 Å². The third-order valence-corrected chi connectivity index (χ3v) is 25.1. The summed E-state index contributed by atoms with van der Waals surface area (Å²) in [5, 5.41) is 26.4. The van der Waals surface area contributed by atoms with E-state index in [0.29, 0.717) is 78.2 Å². The van der Waals surface area contributed by atoms with Crippen molar-refractivity contribution in [3.05, 3.63) is 229 Å². The van der Waals surface area contributed by atoms with Crippen molar-refractivity contribution >= 4 is 81.7 Å². The average molecular weight is 1700 g/mol. The van der Waals surface area contributed by atoms with E-state index in [9.17, 15) is 65.4 Å². The molecule has 12 saturated carbocycles. The van der Waals surface area contributed by atoms with Crippen LogP contribution in [-0.4, -0.2) is 137 Å². The van der Waals surface area contributed by atoms with E-state index in [-0.39, 0.29) is 140 Å². The second-order valence-corrected chi connectivity index (χ2v) is 34.7. The number of hydrogen-bond acceptors (Lipinski definition) is 18. The molecule has 31 heteroatoms. The van der Waals surface area contributed by atoms with Crippen LogP contribution in [0.3, 0.4) is 0 Å². The van der Waals surface area contributed by atoms with Crippen LogP contribution in [0.1, 0.15) is 198 Å². The van der Waals surface area contributed by atoms with Crippen molar-refractivity contribution in [3.63, 3.8) is 0 Å². The van der Waals surface area contributed by atoms with Gasteiger partial charge in [-0.05, 0) is 230 Å². The monoisotopic (exact) mass is 1690 g/mol. The molecule has 0 spiro atoms. The third-order valence-electron chi connectivity index (χ3n) is 24.1. The smallest absolute Gasteiger partial charge is 0.281 e. The van der Waals surface area contributed by atoms with Crippen LogP contribution in [0.15, 0.2) is 140 Å². The molecule has 5 amide bonds. The number of nitrogens with zero attached hydrogens (tertiary/aromatic N) is 5. The SMILES string of the molecule is CCc1ccnc(C(=O)CC23CC(NC(=O)COc4ccc(Cl)c(F)c4)(C2)C3)c1.Cc1cc(OCC(=O)CC23CC(NC(=O)c4ccccc4)(C2)C3)ccc1Cl.Cc1ccc(OCC(=O)NC23CCC(NC(=O)c4cnc(C(F)F)cn4)(CC2)C(O)C3)cc1F.Cc1ncc(C(=O)CC23CC(NC(=O)COc4ccc(Cl)c(F)c4)(C2)C3)nc1C. The molecule has 12 fully saturated rings. The lowest BCUT2D eigenvalue weighted by Crippen LogP contribution is -2.75. The number of aryl methyl sites for hydroxylation is 5. The number of amides is 5. The summed E-state index contributed by atoms with van der Waals surface area (Å²) in [6, 6.07) is 30.9. The van der Waals surface area contributed by atoms with E-state index in [1.54, 1.807) is 37.4 Å². The van der Waals surface area contributed by atoms with Crippen LogP contribution in [0.25, 0.3) is 0 Å². The first kappa shape index (κ1) is 86.3. The number of pyridine rings is 1. The topological polar surface area (TPSA) is 318 Å². The van der Waals surface area contributed by atoms with Gasteiger partial charge in [-0.15, -0.1) is 0 Å². The highest BCUT2D eigenvalue weighted by atomic mass is 35.5.